The Kier molecular flexibility index (Phi) is 5.85. The minimum atomic E-state index is 0.650. The number of aromatic amines is 1. The molecular weight excluding hydrogens is 615 g/mol. The van der Waals surface area contributed by atoms with E-state index in [-0.39, 0.29) is 0 Å². The monoisotopic (exact) mass is 637 g/mol. The lowest BCUT2D eigenvalue weighted by Gasteiger charge is -2.10. The van der Waals surface area contributed by atoms with Gasteiger partial charge in [-0.1, -0.05) is 97.1 Å². The van der Waals surface area contributed by atoms with Crippen LogP contribution in [0.25, 0.3) is 96.9 Å². The third-order valence-corrected chi connectivity index (χ3v) is 11.1. The maximum Gasteiger partial charge on any atom is 0.165 e. The standard InChI is InChI=1S/C40H23N5S2/c1-2-11-23(12-3-1)37-43-39(45-40(44-37)28-17-8-14-25-24-13-4-7-20-31(24)47-36(25)28)27-16-10-22-33-35(27)34-26(15-9-21-32(34)46-33)38-41-29-18-5-6-19-30(29)42-38/h1-22H,(H,41,42). The zero-order valence-electron chi connectivity index (χ0n) is 24.8. The number of thiophene rings is 2. The molecule has 0 fully saturated rings. The van der Waals surface area contributed by atoms with E-state index in [2.05, 4.69) is 102 Å². The van der Waals surface area contributed by atoms with Crippen LogP contribution in [0.5, 0.6) is 0 Å². The van der Waals surface area contributed by atoms with Crippen LogP contribution in [0.4, 0.5) is 0 Å². The number of fused-ring (bicyclic) bond motifs is 7. The maximum atomic E-state index is 5.26. The summed E-state index contributed by atoms with van der Waals surface area (Å²) < 4.78 is 4.80. The molecule has 1 N–H and O–H groups in total. The normalized spacial score (nSPS) is 11.8. The van der Waals surface area contributed by atoms with Crippen molar-refractivity contribution in [3.63, 3.8) is 0 Å². The van der Waals surface area contributed by atoms with Crippen LogP contribution in [-0.2, 0) is 0 Å². The van der Waals surface area contributed by atoms with Crippen molar-refractivity contribution in [1.82, 2.24) is 24.9 Å². The molecule has 0 saturated heterocycles. The molecule has 0 aliphatic carbocycles. The van der Waals surface area contributed by atoms with Crippen molar-refractivity contribution in [1.29, 1.82) is 0 Å². The van der Waals surface area contributed by atoms with E-state index < -0.39 is 0 Å². The van der Waals surface area contributed by atoms with Crippen molar-refractivity contribution in [2.75, 3.05) is 0 Å². The lowest BCUT2D eigenvalue weighted by atomic mass is 10.0. The summed E-state index contributed by atoms with van der Waals surface area (Å²) in [6.07, 6.45) is 0. The minimum absolute atomic E-state index is 0.650. The first-order valence-electron chi connectivity index (χ1n) is 15.4. The zero-order valence-corrected chi connectivity index (χ0v) is 26.4. The van der Waals surface area contributed by atoms with Gasteiger partial charge in [0.25, 0.3) is 0 Å². The van der Waals surface area contributed by atoms with Gasteiger partial charge in [-0.25, -0.2) is 19.9 Å². The number of aromatic nitrogens is 5. The van der Waals surface area contributed by atoms with Gasteiger partial charge in [-0.15, -0.1) is 22.7 Å². The Labute approximate surface area is 276 Å². The van der Waals surface area contributed by atoms with Gasteiger partial charge in [0.1, 0.15) is 5.82 Å². The molecule has 0 atom stereocenters. The number of nitrogens with one attached hydrogen (secondary N) is 1. The highest BCUT2D eigenvalue weighted by Crippen LogP contribution is 2.44. The fraction of sp³-hybridized carbons (Fsp3) is 0. The van der Waals surface area contributed by atoms with E-state index in [9.17, 15) is 0 Å². The zero-order chi connectivity index (χ0) is 30.9. The average Bonchev–Trinajstić information content (AvgIpc) is 3.85. The molecule has 0 spiro atoms. The molecule has 220 valence electrons. The number of benzene rings is 6. The number of rotatable bonds is 4. The van der Waals surface area contributed by atoms with Crippen molar-refractivity contribution < 1.29 is 0 Å². The van der Waals surface area contributed by atoms with Gasteiger partial charge in [-0.2, -0.15) is 0 Å². The van der Waals surface area contributed by atoms with Crippen LogP contribution in [0, 0.1) is 0 Å². The smallest absolute Gasteiger partial charge is 0.165 e. The molecule has 0 aliphatic rings. The van der Waals surface area contributed by atoms with Crippen molar-refractivity contribution in [2.24, 2.45) is 0 Å². The predicted octanol–water partition coefficient (Wildman–Crippen LogP) is 11.2. The van der Waals surface area contributed by atoms with Gasteiger partial charge in [-0.3, -0.25) is 0 Å². The number of imidazole rings is 1. The van der Waals surface area contributed by atoms with E-state index in [0.717, 1.165) is 49.9 Å². The lowest BCUT2D eigenvalue weighted by molar-refractivity contribution is 1.08. The van der Waals surface area contributed by atoms with Gasteiger partial charge in [0, 0.05) is 62.6 Å². The fourth-order valence-electron chi connectivity index (χ4n) is 6.59. The molecule has 0 aliphatic heterocycles. The second-order valence-electron chi connectivity index (χ2n) is 11.5. The Balaban J connectivity index is 1.26. The summed E-state index contributed by atoms with van der Waals surface area (Å²) in [4.78, 5) is 24.1. The van der Waals surface area contributed by atoms with Crippen LogP contribution in [0.15, 0.2) is 133 Å². The van der Waals surface area contributed by atoms with E-state index in [0.29, 0.717) is 17.5 Å². The van der Waals surface area contributed by atoms with Gasteiger partial charge in [0.05, 0.1) is 11.0 Å². The number of hydrogen-bond donors (Lipinski definition) is 1. The summed E-state index contributed by atoms with van der Waals surface area (Å²) in [7, 11) is 0. The molecule has 0 bridgehead atoms. The van der Waals surface area contributed by atoms with Gasteiger partial charge >= 0.3 is 0 Å². The van der Waals surface area contributed by atoms with Crippen LogP contribution in [0.1, 0.15) is 0 Å². The molecule has 7 heteroatoms. The second-order valence-corrected chi connectivity index (χ2v) is 13.7. The van der Waals surface area contributed by atoms with E-state index in [4.69, 9.17) is 19.9 Å². The van der Waals surface area contributed by atoms with Crippen molar-refractivity contribution in [3.8, 4) is 45.6 Å². The van der Waals surface area contributed by atoms with Gasteiger partial charge in [0.15, 0.2) is 17.5 Å². The van der Waals surface area contributed by atoms with Crippen LogP contribution in [-0.4, -0.2) is 24.9 Å². The van der Waals surface area contributed by atoms with E-state index in [1.807, 2.05) is 36.4 Å². The van der Waals surface area contributed by atoms with Crippen molar-refractivity contribution in [2.45, 2.75) is 0 Å². The van der Waals surface area contributed by atoms with Gasteiger partial charge in [-0.05, 0) is 36.4 Å². The number of hydrogen-bond acceptors (Lipinski definition) is 6. The third kappa shape index (κ3) is 4.21. The summed E-state index contributed by atoms with van der Waals surface area (Å²) >= 11 is 3.56. The van der Waals surface area contributed by atoms with E-state index in [1.54, 1.807) is 22.7 Å². The fourth-order valence-corrected chi connectivity index (χ4v) is 8.96. The summed E-state index contributed by atoms with van der Waals surface area (Å²) in [5, 5.41) is 4.74. The Morgan fingerprint density at radius 2 is 1.04 bits per heavy atom. The van der Waals surface area contributed by atoms with Crippen molar-refractivity contribution >= 4 is 74.1 Å². The van der Waals surface area contributed by atoms with Crippen LogP contribution >= 0.6 is 22.7 Å². The maximum absolute atomic E-state index is 5.26. The molecule has 0 unspecified atom stereocenters. The SMILES string of the molecule is c1ccc(-c2nc(-c3cccc4c3sc3ccccc34)nc(-c3cccc4sc5cccc(-c6nc7ccccc7[nH]6)c5c34)n2)cc1. The summed E-state index contributed by atoms with van der Waals surface area (Å²) in [5.41, 5.74) is 5.96. The number of nitrogens with zero attached hydrogens (tertiary/aromatic N) is 4. The average molecular weight is 638 g/mol. The van der Waals surface area contributed by atoms with Crippen molar-refractivity contribution in [3.05, 3.63) is 133 Å². The molecule has 0 saturated carbocycles. The Bertz CT molecular complexity index is 2780. The molecule has 4 heterocycles. The first-order chi connectivity index (χ1) is 23.3. The molecule has 10 rings (SSSR count). The van der Waals surface area contributed by atoms with Gasteiger partial charge in [0.2, 0.25) is 0 Å². The first kappa shape index (κ1) is 26.5. The highest BCUT2D eigenvalue weighted by atomic mass is 32.1. The summed E-state index contributed by atoms with van der Waals surface area (Å²) in [5.74, 6) is 2.82. The van der Waals surface area contributed by atoms with E-state index >= 15 is 0 Å². The molecule has 0 radical (unpaired) electrons. The second kappa shape index (κ2) is 10.4. The minimum Gasteiger partial charge on any atom is -0.338 e. The van der Waals surface area contributed by atoms with Crippen LogP contribution in [0.2, 0.25) is 0 Å². The Hall–Kier alpha value is -5.76. The summed E-state index contributed by atoms with van der Waals surface area (Å²) in [6.45, 7) is 0. The Morgan fingerprint density at radius 1 is 0.426 bits per heavy atom. The quantitative estimate of drug-likeness (QED) is 0.208. The lowest BCUT2D eigenvalue weighted by Crippen LogP contribution is -2.00. The molecule has 4 aromatic heterocycles. The molecule has 47 heavy (non-hydrogen) atoms. The van der Waals surface area contributed by atoms with Crippen LogP contribution in [0.3, 0.4) is 0 Å². The molecular formula is C40H23N5S2. The van der Waals surface area contributed by atoms with Gasteiger partial charge < -0.3 is 4.98 Å². The molecule has 5 nitrogen and oxygen atoms in total. The Morgan fingerprint density at radius 3 is 1.89 bits per heavy atom. The highest BCUT2D eigenvalue weighted by Gasteiger charge is 2.21. The molecule has 6 aromatic carbocycles. The first-order valence-corrected chi connectivity index (χ1v) is 17.0. The highest BCUT2D eigenvalue weighted by molar-refractivity contribution is 7.26. The number of H-pyrrole nitrogens is 1. The largest absolute Gasteiger partial charge is 0.338 e. The predicted molar refractivity (Wildman–Crippen MR) is 197 cm³/mol. The van der Waals surface area contributed by atoms with E-state index in [1.165, 1.54) is 29.6 Å². The number of para-hydroxylation sites is 2. The third-order valence-electron chi connectivity index (χ3n) is 8.72. The molecule has 0 amide bonds. The summed E-state index contributed by atoms with van der Waals surface area (Å²) in [6, 6.07) is 46.2. The van der Waals surface area contributed by atoms with Crippen LogP contribution < -0.4 is 0 Å². The topological polar surface area (TPSA) is 67.3 Å². The molecule has 10 aromatic rings.